The number of benzene rings is 1. The van der Waals surface area contributed by atoms with E-state index in [0.29, 0.717) is 15.1 Å². The molecule has 2 bridgehead atoms. The highest BCUT2D eigenvalue weighted by Gasteiger charge is 2.55. The second kappa shape index (κ2) is 5.70. The zero-order chi connectivity index (χ0) is 18.6. The number of aromatic nitrogens is 1. The molecule has 1 aromatic heterocycles. The summed E-state index contributed by atoms with van der Waals surface area (Å²) in [5.41, 5.74) is -0.508. The number of hydrogen-bond acceptors (Lipinski definition) is 7. The molecule has 0 N–H and O–H groups in total. The lowest BCUT2D eigenvalue weighted by Gasteiger charge is -2.44. The predicted molar refractivity (Wildman–Crippen MR) is 96.6 cm³/mol. The van der Waals surface area contributed by atoms with Crippen molar-refractivity contribution >= 4 is 23.5 Å². The van der Waals surface area contributed by atoms with Crippen molar-refractivity contribution in [2.75, 3.05) is 21.2 Å². The van der Waals surface area contributed by atoms with Gasteiger partial charge in [0.1, 0.15) is 16.2 Å². The fourth-order valence-electron chi connectivity index (χ4n) is 3.66. The van der Waals surface area contributed by atoms with Crippen LogP contribution in [0.15, 0.2) is 34.1 Å². The van der Waals surface area contributed by atoms with Gasteiger partial charge in [-0.1, -0.05) is 29.5 Å². The van der Waals surface area contributed by atoms with Gasteiger partial charge in [-0.15, -0.1) is 0 Å². The molecule has 0 unspecified atom stereocenters. The molecule has 0 fully saturated rings. The minimum absolute atomic E-state index is 0.167. The predicted octanol–water partition coefficient (Wildman–Crippen LogP) is 0.330. The van der Waals surface area contributed by atoms with E-state index in [1.165, 1.54) is 18.4 Å². The summed E-state index contributed by atoms with van der Waals surface area (Å²) in [7, 11) is 5.05. The van der Waals surface area contributed by atoms with Crippen LogP contribution in [0.3, 0.4) is 0 Å². The summed E-state index contributed by atoms with van der Waals surface area (Å²) >= 11 is 1.30. The Bertz CT molecular complexity index is 1070. The molecule has 0 saturated carbocycles. The maximum Gasteiger partial charge on any atom is 0.317 e. The molecular formula is C18H19N3O4S. The number of nitrogens with zero attached hydrogens (tertiary/aromatic N) is 3. The third-order valence-corrected chi connectivity index (χ3v) is 5.68. The number of rotatable bonds is 2. The average molecular weight is 373 g/mol. The Morgan fingerprint density at radius 1 is 1.42 bits per heavy atom. The highest BCUT2D eigenvalue weighted by atomic mass is 32.1. The van der Waals surface area contributed by atoms with Gasteiger partial charge in [-0.2, -0.15) is 0 Å². The van der Waals surface area contributed by atoms with E-state index in [2.05, 4.69) is 4.99 Å². The third-order valence-electron chi connectivity index (χ3n) is 4.71. The lowest BCUT2D eigenvalue weighted by atomic mass is 9.81. The standard InChI is InChI=1S/C18H19N3O4S/c1-18-13(16(23)24-4)14(10-7-5-6-8-11(10)25-18)21-15(22)12(9-20(2)3)26-17(21)19-18/h5-9,13-14H,1-4H3/b12-9-/t13-,14+,18-/m0/s1. The van der Waals surface area contributed by atoms with Gasteiger partial charge in [0.2, 0.25) is 5.72 Å². The fraction of sp³-hybridized carbons (Fsp3) is 0.389. The highest BCUT2D eigenvalue weighted by molar-refractivity contribution is 7.06. The zero-order valence-corrected chi connectivity index (χ0v) is 15.7. The largest absolute Gasteiger partial charge is 0.469 e. The first-order valence-electron chi connectivity index (χ1n) is 8.21. The van der Waals surface area contributed by atoms with Crippen molar-refractivity contribution < 1.29 is 14.3 Å². The van der Waals surface area contributed by atoms with Crippen molar-refractivity contribution in [1.82, 2.24) is 9.47 Å². The lowest BCUT2D eigenvalue weighted by Crippen LogP contribution is -2.58. The molecule has 2 aliphatic heterocycles. The van der Waals surface area contributed by atoms with Crippen LogP contribution >= 0.6 is 11.3 Å². The Balaban J connectivity index is 2.08. The molecule has 26 heavy (non-hydrogen) atoms. The van der Waals surface area contributed by atoms with Gasteiger partial charge < -0.3 is 14.4 Å². The smallest absolute Gasteiger partial charge is 0.317 e. The Hall–Kier alpha value is -2.61. The van der Waals surface area contributed by atoms with Gasteiger partial charge in [-0.25, -0.2) is 4.99 Å². The summed E-state index contributed by atoms with van der Waals surface area (Å²) in [6.45, 7) is 1.76. The van der Waals surface area contributed by atoms with E-state index in [1.807, 2.05) is 43.3 Å². The Morgan fingerprint density at radius 2 is 2.15 bits per heavy atom. The molecule has 0 radical (unpaired) electrons. The molecule has 3 atom stereocenters. The number of carbonyl (C=O) groups excluding carboxylic acids is 1. The summed E-state index contributed by atoms with van der Waals surface area (Å²) in [5, 5.41) is 0. The molecule has 4 rings (SSSR count). The van der Waals surface area contributed by atoms with Crippen LogP contribution in [0, 0.1) is 5.92 Å². The number of ether oxygens (including phenoxy) is 2. The van der Waals surface area contributed by atoms with Crippen molar-refractivity contribution in [3.05, 3.63) is 49.5 Å². The number of methoxy groups -OCH3 is 1. The van der Waals surface area contributed by atoms with Gasteiger partial charge in [-0.3, -0.25) is 14.2 Å². The van der Waals surface area contributed by atoms with Crippen LogP contribution in [0.2, 0.25) is 0 Å². The topological polar surface area (TPSA) is 73.1 Å². The molecule has 2 aliphatic rings. The minimum atomic E-state index is -1.13. The maximum atomic E-state index is 13.1. The van der Waals surface area contributed by atoms with Crippen molar-refractivity contribution in [3.63, 3.8) is 0 Å². The Labute approximate surface area is 153 Å². The summed E-state index contributed by atoms with van der Waals surface area (Å²) in [4.78, 5) is 32.7. The molecule has 8 heteroatoms. The summed E-state index contributed by atoms with van der Waals surface area (Å²) in [6, 6.07) is 6.93. The zero-order valence-electron chi connectivity index (χ0n) is 14.9. The van der Waals surface area contributed by atoms with Crippen molar-refractivity contribution in [2.45, 2.75) is 18.7 Å². The summed E-state index contributed by atoms with van der Waals surface area (Å²) < 4.78 is 13.3. The molecule has 0 saturated heterocycles. The van der Waals surface area contributed by atoms with Crippen LogP contribution in [0.1, 0.15) is 18.5 Å². The van der Waals surface area contributed by atoms with Crippen molar-refractivity contribution in [3.8, 4) is 5.75 Å². The van der Waals surface area contributed by atoms with Crippen LogP contribution in [0.4, 0.5) is 0 Å². The van der Waals surface area contributed by atoms with Crippen molar-refractivity contribution in [2.24, 2.45) is 10.9 Å². The first-order chi connectivity index (χ1) is 12.4. The van der Waals surface area contributed by atoms with E-state index in [4.69, 9.17) is 9.47 Å². The van der Waals surface area contributed by atoms with Crippen LogP contribution in [0.5, 0.6) is 5.75 Å². The van der Waals surface area contributed by atoms with Gasteiger partial charge in [0, 0.05) is 25.9 Å². The SMILES string of the molecule is COC(=O)[C@@H]1[C@H]2c3ccccc3O[C@]1(C)N=c1s/c(=C\N(C)C)c(=O)n12. The first kappa shape index (κ1) is 16.8. The molecule has 1 aromatic carbocycles. The van der Waals surface area contributed by atoms with Gasteiger partial charge >= 0.3 is 5.97 Å². The van der Waals surface area contributed by atoms with Gasteiger partial charge in [0.05, 0.1) is 13.2 Å². The van der Waals surface area contributed by atoms with E-state index >= 15 is 0 Å². The van der Waals surface area contributed by atoms with E-state index in [9.17, 15) is 9.59 Å². The van der Waals surface area contributed by atoms with E-state index in [1.54, 1.807) is 17.7 Å². The monoisotopic (exact) mass is 373 g/mol. The molecule has 3 heterocycles. The normalized spacial score (nSPS) is 26.2. The summed E-state index contributed by atoms with van der Waals surface area (Å²) in [5.74, 6) is -0.558. The number of fused-ring (bicyclic) bond motifs is 6. The third kappa shape index (κ3) is 2.28. The Kier molecular flexibility index (Phi) is 3.69. The van der Waals surface area contributed by atoms with Gasteiger partial charge in [0.25, 0.3) is 5.56 Å². The molecule has 7 nitrogen and oxygen atoms in total. The average Bonchev–Trinajstić information content (AvgIpc) is 2.87. The minimum Gasteiger partial charge on any atom is -0.469 e. The Morgan fingerprint density at radius 3 is 2.85 bits per heavy atom. The number of thiazole rings is 1. The number of para-hydroxylation sites is 1. The summed E-state index contributed by atoms with van der Waals surface area (Å²) in [6.07, 6.45) is 1.76. The maximum absolute atomic E-state index is 13.1. The molecule has 0 spiro atoms. The number of esters is 1. The molecule has 136 valence electrons. The van der Waals surface area contributed by atoms with Crippen molar-refractivity contribution in [1.29, 1.82) is 0 Å². The van der Waals surface area contributed by atoms with E-state index in [0.717, 1.165) is 5.56 Å². The molecular weight excluding hydrogens is 354 g/mol. The highest BCUT2D eigenvalue weighted by Crippen LogP contribution is 2.47. The first-order valence-corrected chi connectivity index (χ1v) is 9.02. The molecule has 0 aliphatic carbocycles. The second-order valence-electron chi connectivity index (χ2n) is 6.77. The molecule has 0 amide bonds. The quantitative estimate of drug-likeness (QED) is 0.710. The van der Waals surface area contributed by atoms with Gasteiger partial charge in [0.15, 0.2) is 4.80 Å². The van der Waals surface area contributed by atoms with Gasteiger partial charge in [-0.05, 0) is 13.0 Å². The van der Waals surface area contributed by atoms with E-state index < -0.39 is 23.7 Å². The van der Waals surface area contributed by atoms with Crippen LogP contribution in [0.25, 0.3) is 6.20 Å². The van der Waals surface area contributed by atoms with Crippen LogP contribution in [-0.4, -0.2) is 42.4 Å². The number of carbonyl (C=O) groups is 1. The fourth-order valence-corrected chi connectivity index (χ4v) is 4.82. The van der Waals surface area contributed by atoms with Crippen LogP contribution < -0.4 is 19.6 Å². The lowest BCUT2D eigenvalue weighted by molar-refractivity contribution is -0.158. The second-order valence-corrected chi connectivity index (χ2v) is 7.78. The number of hydrogen-bond donors (Lipinski definition) is 0. The molecule has 2 aromatic rings. The van der Waals surface area contributed by atoms with Crippen LogP contribution in [-0.2, 0) is 9.53 Å². The van der Waals surface area contributed by atoms with E-state index in [-0.39, 0.29) is 5.56 Å².